The van der Waals surface area contributed by atoms with Gasteiger partial charge in [0.05, 0.1) is 18.5 Å². The van der Waals surface area contributed by atoms with Crippen LogP contribution in [0.2, 0.25) is 0 Å². The Balaban J connectivity index is 2.44. The van der Waals surface area contributed by atoms with E-state index >= 15 is 0 Å². The summed E-state index contributed by atoms with van der Waals surface area (Å²) in [5, 5.41) is 0. The SMILES string of the molecule is CC(C)OCCS(=O)(=O)NC(CN)C1CCCCC1. The molecule has 1 rings (SSSR count). The molecule has 0 amide bonds. The molecule has 1 aliphatic rings. The van der Waals surface area contributed by atoms with Gasteiger partial charge in [-0.2, -0.15) is 0 Å². The smallest absolute Gasteiger partial charge is 0.214 e. The zero-order chi connectivity index (χ0) is 14.3. The molecule has 5 nitrogen and oxygen atoms in total. The van der Waals surface area contributed by atoms with Crippen LogP contribution in [0.3, 0.4) is 0 Å². The van der Waals surface area contributed by atoms with Crippen molar-refractivity contribution in [3.05, 3.63) is 0 Å². The zero-order valence-corrected chi connectivity index (χ0v) is 12.9. The van der Waals surface area contributed by atoms with Crippen LogP contribution in [0, 0.1) is 5.92 Å². The van der Waals surface area contributed by atoms with Crippen molar-refractivity contribution < 1.29 is 13.2 Å². The minimum absolute atomic E-state index is 0.00833. The van der Waals surface area contributed by atoms with Crippen LogP contribution in [0.25, 0.3) is 0 Å². The zero-order valence-electron chi connectivity index (χ0n) is 12.1. The van der Waals surface area contributed by atoms with E-state index in [0.29, 0.717) is 12.5 Å². The standard InChI is InChI=1S/C13H28N2O3S/c1-11(2)18-8-9-19(16,17)15-13(10-14)12-6-4-3-5-7-12/h11-13,15H,3-10,14H2,1-2H3. The lowest BCUT2D eigenvalue weighted by atomic mass is 9.84. The minimum atomic E-state index is -3.29. The van der Waals surface area contributed by atoms with Crippen LogP contribution >= 0.6 is 0 Å². The van der Waals surface area contributed by atoms with Gasteiger partial charge in [-0.15, -0.1) is 0 Å². The van der Waals surface area contributed by atoms with E-state index in [2.05, 4.69) is 4.72 Å². The first-order valence-corrected chi connectivity index (χ1v) is 8.91. The van der Waals surface area contributed by atoms with Crippen LogP contribution in [0.15, 0.2) is 0 Å². The van der Waals surface area contributed by atoms with Crippen molar-refractivity contribution in [2.45, 2.75) is 58.1 Å². The number of ether oxygens (including phenoxy) is 1. The van der Waals surface area contributed by atoms with Crippen LogP contribution in [0.5, 0.6) is 0 Å². The van der Waals surface area contributed by atoms with Crippen LogP contribution < -0.4 is 10.5 Å². The van der Waals surface area contributed by atoms with Crippen molar-refractivity contribution in [3.63, 3.8) is 0 Å². The molecule has 0 saturated heterocycles. The quantitative estimate of drug-likeness (QED) is 0.705. The van der Waals surface area contributed by atoms with Crippen LogP contribution in [-0.4, -0.2) is 39.5 Å². The molecule has 1 aliphatic carbocycles. The predicted octanol–water partition coefficient (Wildman–Crippen LogP) is 1.24. The third kappa shape index (κ3) is 6.70. The molecule has 0 heterocycles. The topological polar surface area (TPSA) is 81.4 Å². The normalized spacial score (nSPS) is 19.8. The van der Waals surface area contributed by atoms with Crippen molar-refractivity contribution in [2.75, 3.05) is 18.9 Å². The van der Waals surface area contributed by atoms with Gasteiger partial charge in [0.1, 0.15) is 0 Å². The van der Waals surface area contributed by atoms with Crippen molar-refractivity contribution >= 4 is 10.0 Å². The summed E-state index contributed by atoms with van der Waals surface area (Å²) in [6, 6.07) is -0.121. The van der Waals surface area contributed by atoms with Crippen LogP contribution in [-0.2, 0) is 14.8 Å². The Hall–Kier alpha value is -0.170. The highest BCUT2D eigenvalue weighted by atomic mass is 32.2. The summed E-state index contributed by atoms with van der Waals surface area (Å²) >= 11 is 0. The lowest BCUT2D eigenvalue weighted by Gasteiger charge is -2.29. The number of hydrogen-bond acceptors (Lipinski definition) is 4. The second-order valence-electron chi connectivity index (χ2n) is 5.60. The Kier molecular flexibility index (Phi) is 7.28. The van der Waals surface area contributed by atoms with Gasteiger partial charge in [0.25, 0.3) is 0 Å². The summed E-state index contributed by atoms with van der Waals surface area (Å²) in [5.74, 6) is 0.397. The number of hydrogen-bond donors (Lipinski definition) is 2. The summed E-state index contributed by atoms with van der Waals surface area (Å²) in [5.41, 5.74) is 5.73. The molecule has 6 heteroatoms. The third-order valence-corrected chi connectivity index (χ3v) is 4.97. The fraction of sp³-hybridized carbons (Fsp3) is 1.00. The lowest BCUT2D eigenvalue weighted by molar-refractivity contribution is 0.0910. The van der Waals surface area contributed by atoms with Gasteiger partial charge in [-0.25, -0.2) is 13.1 Å². The molecular weight excluding hydrogens is 264 g/mol. The highest BCUT2D eigenvalue weighted by Crippen LogP contribution is 2.26. The van der Waals surface area contributed by atoms with Crippen LogP contribution in [0.1, 0.15) is 46.0 Å². The van der Waals surface area contributed by atoms with E-state index in [-0.39, 0.29) is 24.5 Å². The summed E-state index contributed by atoms with van der Waals surface area (Å²) in [7, 11) is -3.29. The molecular formula is C13H28N2O3S. The average Bonchev–Trinajstić information content (AvgIpc) is 2.36. The van der Waals surface area contributed by atoms with Crippen molar-refractivity contribution in [1.29, 1.82) is 0 Å². The molecule has 1 saturated carbocycles. The number of sulfonamides is 1. The molecule has 1 atom stereocenters. The van der Waals surface area contributed by atoms with Crippen molar-refractivity contribution in [2.24, 2.45) is 11.7 Å². The monoisotopic (exact) mass is 292 g/mol. The van der Waals surface area contributed by atoms with Gasteiger partial charge in [0.2, 0.25) is 10.0 Å². The summed E-state index contributed by atoms with van der Waals surface area (Å²) in [6.07, 6.45) is 5.82. The fourth-order valence-electron chi connectivity index (χ4n) is 2.56. The molecule has 0 bridgehead atoms. The van der Waals surface area contributed by atoms with Crippen molar-refractivity contribution in [3.8, 4) is 0 Å². The average molecular weight is 292 g/mol. The van der Waals surface area contributed by atoms with E-state index in [1.54, 1.807) is 0 Å². The largest absolute Gasteiger partial charge is 0.378 e. The Labute approximate surface area is 117 Å². The molecule has 19 heavy (non-hydrogen) atoms. The van der Waals surface area contributed by atoms with E-state index in [1.807, 2.05) is 13.8 Å². The molecule has 0 aromatic rings. The van der Waals surface area contributed by atoms with Gasteiger partial charge in [0.15, 0.2) is 0 Å². The predicted molar refractivity (Wildman–Crippen MR) is 77.4 cm³/mol. The highest BCUT2D eigenvalue weighted by molar-refractivity contribution is 7.89. The van der Waals surface area contributed by atoms with Crippen LogP contribution in [0.4, 0.5) is 0 Å². The first-order valence-electron chi connectivity index (χ1n) is 7.26. The molecule has 3 N–H and O–H groups in total. The number of rotatable bonds is 8. The molecule has 0 radical (unpaired) electrons. The summed E-state index contributed by atoms with van der Waals surface area (Å²) in [4.78, 5) is 0. The summed E-state index contributed by atoms with van der Waals surface area (Å²) in [6.45, 7) is 4.39. The molecule has 1 fully saturated rings. The third-order valence-electron chi connectivity index (χ3n) is 3.61. The molecule has 0 aromatic carbocycles. The fourth-order valence-corrected chi connectivity index (χ4v) is 3.74. The van der Waals surface area contributed by atoms with E-state index in [1.165, 1.54) is 19.3 Å². The molecule has 0 aromatic heterocycles. The van der Waals surface area contributed by atoms with Gasteiger partial charge >= 0.3 is 0 Å². The number of nitrogens with two attached hydrogens (primary N) is 1. The highest BCUT2D eigenvalue weighted by Gasteiger charge is 2.26. The summed E-state index contributed by atoms with van der Waals surface area (Å²) < 4.78 is 32.0. The van der Waals surface area contributed by atoms with E-state index < -0.39 is 10.0 Å². The Bertz CT molecular complexity index is 338. The first-order chi connectivity index (χ1) is 8.94. The van der Waals surface area contributed by atoms with Gasteiger partial charge in [0, 0.05) is 12.6 Å². The second-order valence-corrected chi connectivity index (χ2v) is 7.47. The minimum Gasteiger partial charge on any atom is -0.378 e. The van der Waals surface area contributed by atoms with Gasteiger partial charge < -0.3 is 10.5 Å². The second kappa shape index (κ2) is 8.19. The lowest BCUT2D eigenvalue weighted by Crippen LogP contribution is -2.47. The Morgan fingerprint density at radius 1 is 1.26 bits per heavy atom. The van der Waals surface area contributed by atoms with Gasteiger partial charge in [-0.05, 0) is 32.6 Å². The Morgan fingerprint density at radius 2 is 1.89 bits per heavy atom. The maximum Gasteiger partial charge on any atom is 0.214 e. The van der Waals surface area contributed by atoms with Gasteiger partial charge in [-0.3, -0.25) is 0 Å². The Morgan fingerprint density at radius 3 is 2.42 bits per heavy atom. The molecule has 0 spiro atoms. The maximum atomic E-state index is 12.0. The molecule has 1 unspecified atom stereocenters. The maximum absolute atomic E-state index is 12.0. The number of nitrogens with one attached hydrogen (secondary N) is 1. The first kappa shape index (κ1) is 16.9. The van der Waals surface area contributed by atoms with E-state index in [9.17, 15) is 8.42 Å². The van der Waals surface area contributed by atoms with Crippen molar-refractivity contribution in [1.82, 2.24) is 4.72 Å². The molecule has 114 valence electrons. The van der Waals surface area contributed by atoms with Gasteiger partial charge in [-0.1, -0.05) is 19.3 Å². The van der Waals surface area contributed by atoms with E-state index in [0.717, 1.165) is 12.8 Å². The van der Waals surface area contributed by atoms with E-state index in [4.69, 9.17) is 10.5 Å². The molecule has 0 aliphatic heterocycles.